The van der Waals surface area contributed by atoms with Crippen LogP contribution in [-0.2, 0) is 0 Å². The third-order valence-electron chi connectivity index (χ3n) is 3.04. The average molecular weight is 270 g/mol. The van der Waals surface area contributed by atoms with Gasteiger partial charge in [-0.05, 0) is 26.0 Å². The Bertz CT molecular complexity index is 794. The fourth-order valence-corrected chi connectivity index (χ4v) is 1.94. The second-order valence-corrected chi connectivity index (χ2v) is 4.44. The van der Waals surface area contributed by atoms with Crippen molar-refractivity contribution in [1.82, 2.24) is 0 Å². The summed E-state index contributed by atoms with van der Waals surface area (Å²) in [5.74, 6) is -0.106. The number of carbonyl (C=O) groups excluding carboxylic acids is 1. The van der Waals surface area contributed by atoms with E-state index < -0.39 is 0 Å². The smallest absolute Gasteiger partial charge is 0.196 e. The van der Waals surface area contributed by atoms with Gasteiger partial charge < -0.3 is 9.52 Å². The quantitative estimate of drug-likeness (QED) is 0.687. The number of hydrogen-bond donors (Lipinski definition) is 1. The Morgan fingerprint density at radius 3 is 2.70 bits per heavy atom. The molecule has 1 aromatic heterocycles. The van der Waals surface area contributed by atoms with Gasteiger partial charge in [-0.1, -0.05) is 18.7 Å². The maximum Gasteiger partial charge on any atom is 0.196 e. The van der Waals surface area contributed by atoms with Crippen LogP contribution in [0.25, 0.3) is 17.0 Å². The average Bonchev–Trinajstić information content (AvgIpc) is 2.40. The summed E-state index contributed by atoms with van der Waals surface area (Å²) in [4.78, 5) is 23.7. The van der Waals surface area contributed by atoms with Crippen molar-refractivity contribution in [3.05, 3.63) is 58.0 Å². The number of allylic oxidation sites excluding steroid dienone is 2. The topological polar surface area (TPSA) is 67.5 Å². The zero-order valence-corrected chi connectivity index (χ0v) is 11.3. The van der Waals surface area contributed by atoms with Gasteiger partial charge >= 0.3 is 0 Å². The van der Waals surface area contributed by atoms with Gasteiger partial charge in [-0.3, -0.25) is 9.59 Å². The van der Waals surface area contributed by atoms with E-state index in [-0.39, 0.29) is 33.5 Å². The summed E-state index contributed by atoms with van der Waals surface area (Å²) >= 11 is 0. The second kappa shape index (κ2) is 5.17. The van der Waals surface area contributed by atoms with Crippen LogP contribution in [0.5, 0.6) is 5.75 Å². The number of carbonyl (C=O) groups is 1. The Labute approximate surface area is 115 Å². The summed E-state index contributed by atoms with van der Waals surface area (Å²) in [7, 11) is 0. The Hall–Kier alpha value is -2.62. The number of phenols is 1. The van der Waals surface area contributed by atoms with Gasteiger partial charge in [0.2, 0.25) is 0 Å². The monoisotopic (exact) mass is 270 g/mol. The van der Waals surface area contributed by atoms with Crippen LogP contribution in [0.1, 0.15) is 28.6 Å². The van der Waals surface area contributed by atoms with E-state index in [1.165, 1.54) is 19.1 Å². The highest BCUT2D eigenvalue weighted by atomic mass is 16.3. The molecule has 2 rings (SSSR count). The number of rotatable bonds is 3. The molecule has 0 radical (unpaired) electrons. The highest BCUT2D eigenvalue weighted by molar-refractivity contribution is 6.00. The van der Waals surface area contributed by atoms with Gasteiger partial charge in [-0.15, -0.1) is 0 Å². The number of hydrogen-bond acceptors (Lipinski definition) is 4. The maximum absolute atomic E-state index is 12.3. The van der Waals surface area contributed by atoms with E-state index in [1.807, 2.05) is 0 Å². The molecule has 4 nitrogen and oxygen atoms in total. The van der Waals surface area contributed by atoms with E-state index in [1.54, 1.807) is 25.2 Å². The molecule has 1 N–H and O–H groups in total. The molecule has 0 amide bonds. The molecule has 102 valence electrons. The van der Waals surface area contributed by atoms with E-state index in [0.29, 0.717) is 11.3 Å². The third kappa shape index (κ3) is 2.28. The Morgan fingerprint density at radius 1 is 1.40 bits per heavy atom. The molecule has 0 fully saturated rings. The predicted octanol–water partition coefficient (Wildman–Crippen LogP) is 3.21. The van der Waals surface area contributed by atoms with Crippen LogP contribution in [0.4, 0.5) is 0 Å². The normalized spacial score (nSPS) is 11.1. The first-order valence-electron chi connectivity index (χ1n) is 6.06. The Morgan fingerprint density at radius 2 is 2.10 bits per heavy atom. The number of phenolic OH excluding ortho intramolecular Hbond substituents is 1. The van der Waals surface area contributed by atoms with Crippen molar-refractivity contribution in [1.29, 1.82) is 0 Å². The number of aromatic hydroxyl groups is 1. The highest BCUT2D eigenvalue weighted by Gasteiger charge is 2.14. The van der Waals surface area contributed by atoms with Gasteiger partial charge in [0.25, 0.3) is 0 Å². The zero-order valence-electron chi connectivity index (χ0n) is 11.3. The van der Waals surface area contributed by atoms with Crippen LogP contribution in [0, 0.1) is 6.92 Å². The molecule has 0 bridgehead atoms. The van der Waals surface area contributed by atoms with Crippen LogP contribution in [0.3, 0.4) is 0 Å². The first-order chi connectivity index (χ1) is 9.45. The molecule has 0 atom stereocenters. The minimum absolute atomic E-state index is 0.110. The molecule has 4 heteroatoms. The van der Waals surface area contributed by atoms with Crippen molar-refractivity contribution in [3.63, 3.8) is 0 Å². The standard InChI is InChI=1S/C16H14O4/c1-4-5-6-14-9(2)16(19)12-7-11(10(3)17)13(18)8-15(12)20-14/h4-8,18H,1H2,2-3H3/b6-5+. The molecule has 2 aromatic rings. The maximum atomic E-state index is 12.3. The van der Waals surface area contributed by atoms with E-state index in [4.69, 9.17) is 4.42 Å². The third-order valence-corrected chi connectivity index (χ3v) is 3.04. The summed E-state index contributed by atoms with van der Waals surface area (Å²) in [5, 5.41) is 10.1. The molecular weight excluding hydrogens is 256 g/mol. The van der Waals surface area contributed by atoms with Crippen molar-refractivity contribution >= 4 is 22.8 Å². The fourth-order valence-electron chi connectivity index (χ4n) is 1.94. The molecule has 20 heavy (non-hydrogen) atoms. The summed E-state index contributed by atoms with van der Waals surface area (Å²) in [5.41, 5.74) is 0.568. The Kier molecular flexibility index (Phi) is 3.57. The van der Waals surface area contributed by atoms with E-state index in [9.17, 15) is 14.7 Å². The first kappa shape index (κ1) is 13.8. The lowest BCUT2D eigenvalue weighted by molar-refractivity contribution is 0.101. The zero-order chi connectivity index (χ0) is 14.9. The van der Waals surface area contributed by atoms with Gasteiger partial charge in [0.15, 0.2) is 11.2 Å². The molecule has 0 unspecified atom stereocenters. The summed E-state index contributed by atoms with van der Waals surface area (Å²) in [6.45, 7) is 6.53. The highest BCUT2D eigenvalue weighted by Crippen LogP contribution is 2.25. The van der Waals surface area contributed by atoms with Crippen LogP contribution in [0.2, 0.25) is 0 Å². The minimum Gasteiger partial charge on any atom is -0.507 e. The molecule has 0 aliphatic carbocycles. The van der Waals surface area contributed by atoms with Crippen LogP contribution in [0.15, 0.2) is 40.1 Å². The second-order valence-electron chi connectivity index (χ2n) is 4.44. The lowest BCUT2D eigenvalue weighted by Gasteiger charge is -2.06. The summed E-state index contributed by atoms with van der Waals surface area (Å²) in [6, 6.07) is 2.66. The van der Waals surface area contributed by atoms with E-state index in [0.717, 1.165) is 0 Å². The lowest BCUT2D eigenvalue weighted by atomic mass is 10.0. The lowest BCUT2D eigenvalue weighted by Crippen LogP contribution is -2.08. The van der Waals surface area contributed by atoms with E-state index >= 15 is 0 Å². The molecule has 0 saturated carbocycles. The van der Waals surface area contributed by atoms with Crippen molar-refractivity contribution in [2.75, 3.05) is 0 Å². The summed E-state index contributed by atoms with van der Waals surface area (Å²) < 4.78 is 5.59. The molecule has 1 heterocycles. The van der Waals surface area contributed by atoms with Crippen molar-refractivity contribution in [2.45, 2.75) is 13.8 Å². The largest absolute Gasteiger partial charge is 0.507 e. The number of fused-ring (bicyclic) bond motifs is 1. The van der Waals surface area contributed by atoms with Gasteiger partial charge in [0.1, 0.15) is 17.1 Å². The van der Waals surface area contributed by atoms with Gasteiger partial charge in [-0.2, -0.15) is 0 Å². The first-order valence-corrected chi connectivity index (χ1v) is 6.06. The van der Waals surface area contributed by atoms with Crippen LogP contribution < -0.4 is 5.43 Å². The predicted molar refractivity (Wildman–Crippen MR) is 78.1 cm³/mol. The Balaban J connectivity index is 2.83. The van der Waals surface area contributed by atoms with Crippen LogP contribution >= 0.6 is 0 Å². The van der Waals surface area contributed by atoms with Crippen molar-refractivity contribution < 1.29 is 14.3 Å². The fraction of sp³-hybridized carbons (Fsp3) is 0.125. The molecule has 1 aromatic carbocycles. The molecule has 0 aliphatic heterocycles. The summed E-state index contributed by atoms with van der Waals surface area (Å²) in [6.07, 6.45) is 4.85. The van der Waals surface area contributed by atoms with E-state index in [2.05, 4.69) is 6.58 Å². The van der Waals surface area contributed by atoms with Crippen LogP contribution in [-0.4, -0.2) is 10.9 Å². The number of Topliss-reactive ketones (excluding diaryl/α,β-unsaturated/α-hetero) is 1. The molecule has 0 saturated heterocycles. The number of benzene rings is 1. The SMILES string of the molecule is C=C/C=C/c1oc2cc(O)c(C(C)=O)cc2c(=O)c1C. The van der Waals surface area contributed by atoms with Crippen molar-refractivity contribution in [3.8, 4) is 5.75 Å². The molecule has 0 spiro atoms. The van der Waals surface area contributed by atoms with Gasteiger partial charge in [0, 0.05) is 11.6 Å². The minimum atomic E-state index is -0.308. The molecular formula is C16H14O4. The molecule has 0 aliphatic rings. The van der Waals surface area contributed by atoms with Gasteiger partial charge in [0.05, 0.1) is 10.9 Å². The number of ketones is 1. The van der Waals surface area contributed by atoms with Gasteiger partial charge in [-0.25, -0.2) is 0 Å². The van der Waals surface area contributed by atoms with Crippen molar-refractivity contribution in [2.24, 2.45) is 0 Å².